The Bertz CT molecular complexity index is 1060. The number of nitrogens with zero attached hydrogens (tertiary/aromatic N) is 4. The quantitative estimate of drug-likeness (QED) is 0.759. The van der Waals surface area contributed by atoms with Crippen LogP contribution in [0.15, 0.2) is 52.8 Å². The molecule has 0 saturated carbocycles. The maximum atomic E-state index is 13.2. The second kappa shape index (κ2) is 7.54. The number of methoxy groups -OCH3 is 1. The molecule has 0 radical (unpaired) electrons. The van der Waals surface area contributed by atoms with E-state index in [9.17, 15) is 18.8 Å². The Balaban J connectivity index is 1.49. The van der Waals surface area contributed by atoms with Gasteiger partial charge in [-0.3, -0.25) is 19.4 Å². The van der Waals surface area contributed by atoms with E-state index in [0.717, 1.165) is 22.6 Å². The number of rotatable bonds is 5. The molecule has 0 aromatic heterocycles. The van der Waals surface area contributed by atoms with Gasteiger partial charge in [0, 0.05) is 0 Å². The van der Waals surface area contributed by atoms with Crippen molar-refractivity contribution in [3.8, 4) is 5.75 Å². The topological polar surface area (TPSA) is 104 Å². The number of anilines is 2. The lowest BCUT2D eigenvalue weighted by Crippen LogP contribution is -2.43. The number of amides is 3. The Morgan fingerprint density at radius 3 is 2.60 bits per heavy atom. The van der Waals surface area contributed by atoms with Crippen molar-refractivity contribution >= 4 is 29.1 Å². The molecule has 10 heteroatoms. The minimum absolute atomic E-state index is 0.241. The van der Waals surface area contributed by atoms with Crippen LogP contribution in [0.2, 0.25) is 0 Å². The molecule has 154 valence electrons. The Morgan fingerprint density at radius 2 is 1.90 bits per heavy atom. The molecule has 2 atom stereocenters. The van der Waals surface area contributed by atoms with Crippen LogP contribution in [0.4, 0.5) is 15.8 Å². The summed E-state index contributed by atoms with van der Waals surface area (Å²) in [6.45, 7) is 1.60. The highest BCUT2D eigenvalue weighted by Crippen LogP contribution is 2.32. The Labute approximate surface area is 171 Å². The van der Waals surface area contributed by atoms with E-state index in [2.05, 4.69) is 15.7 Å². The highest BCUT2D eigenvalue weighted by molar-refractivity contribution is 6.25. The number of carbonyl (C=O) groups is 3. The molecular weight excluding hydrogens is 393 g/mol. The second-order valence-electron chi connectivity index (χ2n) is 6.93. The Morgan fingerprint density at radius 1 is 1.17 bits per heavy atom. The fraction of sp³-hybridized carbons (Fsp3) is 0.250. The highest BCUT2D eigenvalue weighted by atomic mass is 19.1. The van der Waals surface area contributed by atoms with Crippen molar-refractivity contribution in [1.82, 2.24) is 5.01 Å². The van der Waals surface area contributed by atoms with Crippen molar-refractivity contribution in [3.63, 3.8) is 0 Å². The van der Waals surface area contributed by atoms with E-state index in [1.54, 1.807) is 12.1 Å². The number of benzene rings is 2. The van der Waals surface area contributed by atoms with Crippen LogP contribution in [0.3, 0.4) is 0 Å². The van der Waals surface area contributed by atoms with Crippen molar-refractivity contribution in [1.29, 1.82) is 0 Å². The molecule has 1 saturated heterocycles. The third-order valence-corrected chi connectivity index (χ3v) is 4.88. The van der Waals surface area contributed by atoms with Gasteiger partial charge in [-0.1, -0.05) is 11.3 Å². The number of fused-ring (bicyclic) bond motifs is 1. The zero-order valence-electron chi connectivity index (χ0n) is 16.2. The zero-order valence-corrected chi connectivity index (χ0v) is 16.2. The van der Waals surface area contributed by atoms with Crippen molar-refractivity contribution < 1.29 is 23.5 Å². The molecule has 2 aromatic carbocycles. The lowest BCUT2D eigenvalue weighted by atomic mass is 10.1. The molecule has 0 aliphatic carbocycles. The Hall–Kier alpha value is -3.82. The fourth-order valence-electron chi connectivity index (χ4n) is 3.45. The number of aryl methyl sites for hydroxylation is 1. The van der Waals surface area contributed by atoms with E-state index in [0.29, 0.717) is 11.4 Å². The van der Waals surface area contributed by atoms with Gasteiger partial charge in [0.15, 0.2) is 12.1 Å². The van der Waals surface area contributed by atoms with Gasteiger partial charge in [0.25, 0.3) is 11.8 Å². The first-order chi connectivity index (χ1) is 14.4. The van der Waals surface area contributed by atoms with Gasteiger partial charge in [-0.2, -0.15) is 5.11 Å². The summed E-state index contributed by atoms with van der Waals surface area (Å²) in [5.74, 6) is -1.57. The van der Waals surface area contributed by atoms with Crippen LogP contribution in [0, 0.1) is 12.7 Å². The number of imide groups is 1. The summed E-state index contributed by atoms with van der Waals surface area (Å²) in [5, 5.41) is 11.6. The standard InChI is InChI=1S/C20H18FN5O4/c1-11-3-8-15(30-2)14(9-11)22-16(27)10-25-18-17(23-24-25)19(28)26(20(18)29)13-6-4-12(21)5-7-13/h3-9,17-18H,10H2,1-2H3,(H,22,27)/t17-,18+/m0/s1. The summed E-state index contributed by atoms with van der Waals surface area (Å²) >= 11 is 0. The molecule has 9 nitrogen and oxygen atoms in total. The van der Waals surface area contributed by atoms with E-state index in [4.69, 9.17) is 4.74 Å². The molecule has 1 fully saturated rings. The maximum Gasteiger partial charge on any atom is 0.263 e. The summed E-state index contributed by atoms with van der Waals surface area (Å²) in [7, 11) is 1.49. The second-order valence-corrected chi connectivity index (χ2v) is 6.93. The maximum absolute atomic E-state index is 13.2. The first kappa shape index (κ1) is 19.5. The van der Waals surface area contributed by atoms with Gasteiger partial charge in [-0.25, -0.2) is 9.29 Å². The van der Waals surface area contributed by atoms with Gasteiger partial charge < -0.3 is 10.1 Å². The predicted molar refractivity (Wildman–Crippen MR) is 104 cm³/mol. The first-order valence-electron chi connectivity index (χ1n) is 9.14. The van der Waals surface area contributed by atoms with Gasteiger partial charge in [0.1, 0.15) is 18.1 Å². The molecule has 2 aliphatic rings. The van der Waals surface area contributed by atoms with Crippen LogP contribution >= 0.6 is 0 Å². The molecule has 30 heavy (non-hydrogen) atoms. The molecule has 0 spiro atoms. The van der Waals surface area contributed by atoms with E-state index in [-0.39, 0.29) is 12.2 Å². The number of hydrogen-bond acceptors (Lipinski definition) is 7. The summed E-state index contributed by atoms with van der Waals surface area (Å²) < 4.78 is 18.4. The average Bonchev–Trinajstić information content (AvgIpc) is 3.23. The van der Waals surface area contributed by atoms with E-state index in [1.165, 1.54) is 24.3 Å². The lowest BCUT2D eigenvalue weighted by molar-refractivity contribution is -0.123. The summed E-state index contributed by atoms with van der Waals surface area (Å²) in [5.41, 5.74) is 1.65. The molecule has 3 amide bonds. The number of nitrogens with one attached hydrogen (secondary N) is 1. The summed E-state index contributed by atoms with van der Waals surface area (Å²) in [6.07, 6.45) is 0. The van der Waals surface area contributed by atoms with Crippen molar-refractivity contribution in [2.24, 2.45) is 10.3 Å². The number of halogens is 1. The average molecular weight is 411 g/mol. The SMILES string of the molecule is COc1ccc(C)cc1NC(=O)CN1N=N[C@@H]2C(=O)N(c3ccc(F)cc3)C(=O)[C@@H]21. The fourth-order valence-corrected chi connectivity index (χ4v) is 3.45. The molecule has 2 aromatic rings. The summed E-state index contributed by atoms with van der Waals surface area (Å²) in [6, 6.07) is 8.27. The highest BCUT2D eigenvalue weighted by Gasteiger charge is 2.55. The van der Waals surface area contributed by atoms with Gasteiger partial charge in [0.2, 0.25) is 5.91 Å². The van der Waals surface area contributed by atoms with Crippen LogP contribution in [0.5, 0.6) is 5.75 Å². The predicted octanol–water partition coefficient (Wildman–Crippen LogP) is 2.07. The largest absolute Gasteiger partial charge is 0.495 e. The first-order valence-corrected chi connectivity index (χ1v) is 9.14. The van der Waals surface area contributed by atoms with Crippen LogP contribution in [0.25, 0.3) is 0 Å². The van der Waals surface area contributed by atoms with Crippen LogP contribution in [-0.4, -0.2) is 48.5 Å². The van der Waals surface area contributed by atoms with Crippen molar-refractivity contribution in [2.45, 2.75) is 19.0 Å². The van der Waals surface area contributed by atoms with Gasteiger partial charge in [-0.15, -0.1) is 0 Å². The molecule has 4 rings (SSSR count). The number of ether oxygens (including phenoxy) is 1. The lowest BCUT2D eigenvalue weighted by Gasteiger charge is -2.20. The van der Waals surface area contributed by atoms with Crippen molar-refractivity contribution in [2.75, 3.05) is 23.9 Å². The number of carbonyl (C=O) groups excluding carboxylic acids is 3. The van der Waals surface area contributed by atoms with Gasteiger partial charge >= 0.3 is 0 Å². The van der Waals surface area contributed by atoms with E-state index < -0.39 is 35.6 Å². The number of hydrogen-bond donors (Lipinski definition) is 1. The van der Waals surface area contributed by atoms with Crippen LogP contribution in [0.1, 0.15) is 5.56 Å². The molecule has 0 unspecified atom stereocenters. The van der Waals surface area contributed by atoms with Crippen LogP contribution in [-0.2, 0) is 14.4 Å². The van der Waals surface area contributed by atoms with Gasteiger partial charge in [-0.05, 0) is 48.9 Å². The normalized spacial score (nSPS) is 20.0. The Kier molecular flexibility index (Phi) is 4.90. The minimum atomic E-state index is -1.04. The minimum Gasteiger partial charge on any atom is -0.495 e. The third-order valence-electron chi connectivity index (χ3n) is 4.88. The smallest absolute Gasteiger partial charge is 0.263 e. The summed E-state index contributed by atoms with van der Waals surface area (Å²) in [4.78, 5) is 39.0. The van der Waals surface area contributed by atoms with Crippen molar-refractivity contribution in [3.05, 3.63) is 53.8 Å². The van der Waals surface area contributed by atoms with E-state index in [1.807, 2.05) is 13.0 Å². The molecular formula is C20H18FN5O4. The molecule has 2 heterocycles. The van der Waals surface area contributed by atoms with Crippen LogP contribution < -0.4 is 15.0 Å². The zero-order chi connectivity index (χ0) is 21.4. The monoisotopic (exact) mass is 411 g/mol. The van der Waals surface area contributed by atoms with Gasteiger partial charge in [0.05, 0.1) is 18.5 Å². The van der Waals surface area contributed by atoms with E-state index >= 15 is 0 Å². The third kappa shape index (κ3) is 3.36. The molecule has 2 aliphatic heterocycles. The molecule has 1 N–H and O–H groups in total. The molecule has 0 bridgehead atoms.